The lowest BCUT2D eigenvalue weighted by atomic mass is 9.94. The summed E-state index contributed by atoms with van der Waals surface area (Å²) in [6.07, 6.45) is 1.81. The van der Waals surface area contributed by atoms with Crippen LogP contribution in [0.15, 0.2) is 16.3 Å². The van der Waals surface area contributed by atoms with Gasteiger partial charge in [-0.05, 0) is 30.9 Å². The first kappa shape index (κ1) is 18.7. The zero-order chi connectivity index (χ0) is 16.9. The molecule has 1 N–H and O–H groups in total. The number of nitrogens with zero attached hydrogens (tertiary/aromatic N) is 1. The fraction of sp³-hybridized carbons (Fsp3) is 0.643. The van der Waals surface area contributed by atoms with Crippen LogP contribution in [0.1, 0.15) is 19.3 Å². The Kier molecular flexibility index (Phi) is 6.84. The number of halogens is 1. The van der Waals surface area contributed by atoms with Crippen LogP contribution in [0.2, 0.25) is 4.34 Å². The molecule has 23 heavy (non-hydrogen) atoms. The van der Waals surface area contributed by atoms with Gasteiger partial charge in [0.15, 0.2) is 0 Å². The summed E-state index contributed by atoms with van der Waals surface area (Å²) in [5.41, 5.74) is 0. The molecule has 2 heterocycles. The molecular formula is C14H21ClN2O4S2. The van der Waals surface area contributed by atoms with E-state index in [4.69, 9.17) is 16.3 Å². The van der Waals surface area contributed by atoms with E-state index in [1.54, 1.807) is 13.2 Å². The van der Waals surface area contributed by atoms with Crippen LogP contribution in [0.4, 0.5) is 0 Å². The van der Waals surface area contributed by atoms with Crippen molar-refractivity contribution in [2.75, 3.05) is 33.4 Å². The van der Waals surface area contributed by atoms with Crippen LogP contribution in [-0.2, 0) is 19.6 Å². The van der Waals surface area contributed by atoms with Crippen molar-refractivity contribution in [3.05, 3.63) is 16.5 Å². The normalized spacial score (nSPS) is 17.3. The van der Waals surface area contributed by atoms with Crippen molar-refractivity contribution >= 4 is 38.9 Å². The lowest BCUT2D eigenvalue weighted by molar-refractivity contribution is -0.122. The highest BCUT2D eigenvalue weighted by molar-refractivity contribution is 7.91. The number of hydrogen-bond acceptors (Lipinski definition) is 5. The molecule has 1 aromatic heterocycles. The summed E-state index contributed by atoms with van der Waals surface area (Å²) in [6, 6.07) is 3.13. The maximum atomic E-state index is 12.5. The minimum Gasteiger partial charge on any atom is -0.383 e. The highest BCUT2D eigenvalue weighted by Gasteiger charge is 2.31. The van der Waals surface area contributed by atoms with Gasteiger partial charge in [0, 0.05) is 33.2 Å². The number of hydrogen-bond donors (Lipinski definition) is 1. The average Bonchev–Trinajstić information content (AvgIpc) is 2.95. The predicted molar refractivity (Wildman–Crippen MR) is 90.3 cm³/mol. The summed E-state index contributed by atoms with van der Waals surface area (Å²) in [5.74, 6) is 0.212. The van der Waals surface area contributed by atoms with E-state index in [1.807, 2.05) is 0 Å². The number of rotatable bonds is 7. The standard InChI is InChI=1S/C14H21ClN2O4S2/c1-21-9-6-16-13(18)10-11-4-7-17(8-5-11)23(19,20)14-3-2-12(15)22-14/h2-3,11H,4-10H2,1H3,(H,16,18). The van der Waals surface area contributed by atoms with Crippen molar-refractivity contribution in [1.29, 1.82) is 0 Å². The van der Waals surface area contributed by atoms with Crippen molar-refractivity contribution in [3.8, 4) is 0 Å². The van der Waals surface area contributed by atoms with Crippen LogP contribution in [0.25, 0.3) is 0 Å². The first-order chi connectivity index (χ1) is 10.9. The molecule has 1 aromatic rings. The Morgan fingerprint density at radius 3 is 2.70 bits per heavy atom. The fourth-order valence-electron chi connectivity index (χ4n) is 2.54. The molecule has 6 nitrogen and oxygen atoms in total. The van der Waals surface area contributed by atoms with Crippen molar-refractivity contribution in [3.63, 3.8) is 0 Å². The van der Waals surface area contributed by atoms with Gasteiger partial charge in [0.2, 0.25) is 5.91 Å². The van der Waals surface area contributed by atoms with E-state index in [9.17, 15) is 13.2 Å². The summed E-state index contributed by atoms with van der Waals surface area (Å²) in [7, 11) is -1.87. The molecule has 0 saturated carbocycles. The third kappa shape index (κ3) is 5.15. The molecule has 0 aliphatic carbocycles. The molecule has 2 rings (SSSR count). The number of piperidine rings is 1. The van der Waals surface area contributed by atoms with Crippen molar-refractivity contribution in [2.45, 2.75) is 23.5 Å². The fourth-order valence-corrected chi connectivity index (χ4v) is 5.65. The number of carbonyl (C=O) groups is 1. The zero-order valence-corrected chi connectivity index (χ0v) is 15.3. The van der Waals surface area contributed by atoms with Gasteiger partial charge in [-0.25, -0.2) is 8.42 Å². The Morgan fingerprint density at radius 1 is 1.43 bits per heavy atom. The Morgan fingerprint density at radius 2 is 2.13 bits per heavy atom. The van der Waals surface area contributed by atoms with Gasteiger partial charge in [-0.15, -0.1) is 11.3 Å². The number of carbonyl (C=O) groups excluding carboxylic acids is 1. The van der Waals surface area contributed by atoms with E-state index in [1.165, 1.54) is 10.4 Å². The number of sulfonamides is 1. The molecule has 1 aliphatic rings. The van der Waals surface area contributed by atoms with Crippen molar-refractivity contribution in [2.24, 2.45) is 5.92 Å². The molecule has 0 aromatic carbocycles. The van der Waals surface area contributed by atoms with Gasteiger partial charge >= 0.3 is 0 Å². The average molecular weight is 381 g/mol. The monoisotopic (exact) mass is 380 g/mol. The van der Waals surface area contributed by atoms with Gasteiger partial charge in [0.25, 0.3) is 10.0 Å². The highest BCUT2D eigenvalue weighted by atomic mass is 35.5. The van der Waals surface area contributed by atoms with E-state index in [-0.39, 0.29) is 16.0 Å². The second-order valence-electron chi connectivity index (χ2n) is 5.45. The topological polar surface area (TPSA) is 75.7 Å². The smallest absolute Gasteiger partial charge is 0.252 e. The molecule has 1 saturated heterocycles. The van der Waals surface area contributed by atoms with Gasteiger partial charge in [0.1, 0.15) is 4.21 Å². The van der Waals surface area contributed by atoms with Gasteiger partial charge in [-0.1, -0.05) is 11.6 Å². The second kappa shape index (κ2) is 8.43. The van der Waals surface area contributed by atoms with Crippen LogP contribution in [-0.4, -0.2) is 52.0 Å². The third-order valence-corrected chi connectivity index (χ3v) is 7.42. The molecular weight excluding hydrogens is 360 g/mol. The lowest BCUT2D eigenvalue weighted by Gasteiger charge is -2.30. The Balaban J connectivity index is 1.83. The van der Waals surface area contributed by atoms with Gasteiger partial charge in [0.05, 0.1) is 10.9 Å². The number of nitrogens with one attached hydrogen (secondary N) is 1. The van der Waals surface area contributed by atoms with Gasteiger partial charge in [-0.3, -0.25) is 4.79 Å². The summed E-state index contributed by atoms with van der Waals surface area (Å²) < 4.78 is 32.1. The molecule has 0 atom stereocenters. The Bertz CT molecular complexity index is 624. The predicted octanol–water partition coefficient (Wildman–Crippen LogP) is 1.95. The number of ether oxygens (including phenoxy) is 1. The van der Waals surface area contributed by atoms with E-state index in [0.29, 0.717) is 49.8 Å². The van der Waals surface area contributed by atoms with Crippen LogP contribution >= 0.6 is 22.9 Å². The van der Waals surface area contributed by atoms with E-state index in [0.717, 1.165) is 11.3 Å². The molecule has 1 aliphatic heterocycles. The molecule has 0 bridgehead atoms. The first-order valence-corrected chi connectivity index (χ1v) is 10.1. The maximum absolute atomic E-state index is 12.5. The minimum absolute atomic E-state index is 0.00612. The first-order valence-electron chi connectivity index (χ1n) is 7.44. The highest BCUT2D eigenvalue weighted by Crippen LogP contribution is 2.31. The number of methoxy groups -OCH3 is 1. The second-order valence-corrected chi connectivity index (χ2v) is 9.33. The lowest BCUT2D eigenvalue weighted by Crippen LogP contribution is -2.39. The van der Waals surface area contributed by atoms with Crippen LogP contribution in [0, 0.1) is 5.92 Å². The molecule has 9 heteroatoms. The molecule has 1 amide bonds. The maximum Gasteiger partial charge on any atom is 0.252 e. The van der Waals surface area contributed by atoms with E-state index < -0.39 is 10.0 Å². The number of thiophene rings is 1. The van der Waals surface area contributed by atoms with Gasteiger partial charge in [-0.2, -0.15) is 4.31 Å². The van der Waals surface area contributed by atoms with Gasteiger partial charge < -0.3 is 10.1 Å². The number of amides is 1. The SMILES string of the molecule is COCCNC(=O)CC1CCN(S(=O)(=O)c2ccc(Cl)s2)CC1. The molecule has 130 valence electrons. The van der Waals surface area contributed by atoms with Crippen LogP contribution in [0.3, 0.4) is 0 Å². The molecule has 0 unspecified atom stereocenters. The van der Waals surface area contributed by atoms with E-state index >= 15 is 0 Å². The summed E-state index contributed by atoms with van der Waals surface area (Å²) in [6.45, 7) is 1.87. The van der Waals surface area contributed by atoms with Crippen molar-refractivity contribution in [1.82, 2.24) is 9.62 Å². The summed E-state index contributed by atoms with van der Waals surface area (Å²) in [4.78, 5) is 11.8. The third-order valence-electron chi connectivity index (χ3n) is 3.82. The minimum atomic E-state index is -3.46. The van der Waals surface area contributed by atoms with E-state index in [2.05, 4.69) is 5.32 Å². The largest absolute Gasteiger partial charge is 0.383 e. The molecule has 0 radical (unpaired) electrons. The molecule has 0 spiro atoms. The summed E-state index contributed by atoms with van der Waals surface area (Å²) >= 11 is 6.89. The molecule has 1 fully saturated rings. The Hall–Kier alpha value is -0.670. The van der Waals surface area contributed by atoms with Crippen molar-refractivity contribution < 1.29 is 17.9 Å². The Labute approximate surface area is 145 Å². The zero-order valence-electron chi connectivity index (χ0n) is 13.0. The van der Waals surface area contributed by atoms with Crippen LogP contribution < -0.4 is 5.32 Å². The van der Waals surface area contributed by atoms with Crippen LogP contribution in [0.5, 0.6) is 0 Å². The summed E-state index contributed by atoms with van der Waals surface area (Å²) in [5, 5.41) is 2.79. The quantitative estimate of drug-likeness (QED) is 0.733.